The van der Waals surface area contributed by atoms with Crippen LogP contribution in [0.2, 0.25) is 0 Å². The van der Waals surface area contributed by atoms with Gasteiger partial charge in [0.1, 0.15) is 5.82 Å². The molecular formula is C25H33FN2. The number of fused-ring (bicyclic) bond motifs is 1. The van der Waals surface area contributed by atoms with E-state index in [4.69, 9.17) is 0 Å². The summed E-state index contributed by atoms with van der Waals surface area (Å²) >= 11 is 0. The van der Waals surface area contributed by atoms with Gasteiger partial charge < -0.3 is 10.2 Å². The third kappa shape index (κ3) is 4.34. The Hall–Kier alpha value is -2.03. The minimum atomic E-state index is -0.121. The van der Waals surface area contributed by atoms with Crippen molar-refractivity contribution < 1.29 is 4.39 Å². The van der Waals surface area contributed by atoms with Gasteiger partial charge in [-0.1, -0.05) is 26.8 Å². The summed E-state index contributed by atoms with van der Waals surface area (Å²) in [6, 6.07) is 9.99. The zero-order valence-electron chi connectivity index (χ0n) is 17.7. The molecule has 0 bridgehead atoms. The molecule has 2 nitrogen and oxygen atoms in total. The summed E-state index contributed by atoms with van der Waals surface area (Å²) in [7, 11) is 0. The summed E-state index contributed by atoms with van der Waals surface area (Å²) < 4.78 is 13.5. The number of aryl methyl sites for hydroxylation is 1. The highest BCUT2D eigenvalue weighted by Crippen LogP contribution is 2.46. The van der Waals surface area contributed by atoms with E-state index >= 15 is 0 Å². The van der Waals surface area contributed by atoms with Gasteiger partial charge in [0, 0.05) is 31.0 Å². The lowest BCUT2D eigenvalue weighted by Gasteiger charge is -2.32. The van der Waals surface area contributed by atoms with Gasteiger partial charge in [-0.3, -0.25) is 0 Å². The Morgan fingerprint density at radius 3 is 2.61 bits per heavy atom. The van der Waals surface area contributed by atoms with Crippen molar-refractivity contribution in [3.63, 3.8) is 0 Å². The minimum absolute atomic E-state index is 0.121. The minimum Gasteiger partial charge on any atom is -0.385 e. The highest BCUT2D eigenvalue weighted by Gasteiger charge is 2.28. The highest BCUT2D eigenvalue weighted by atomic mass is 19.1. The molecule has 0 aromatic heterocycles. The first-order valence-electron chi connectivity index (χ1n) is 10.7. The zero-order valence-corrected chi connectivity index (χ0v) is 17.7. The lowest BCUT2D eigenvalue weighted by molar-refractivity contribution is 0.389. The lowest BCUT2D eigenvalue weighted by atomic mass is 9.92. The van der Waals surface area contributed by atoms with Gasteiger partial charge in [-0.25, -0.2) is 4.39 Å². The van der Waals surface area contributed by atoms with Crippen LogP contribution in [-0.2, 0) is 13.0 Å². The van der Waals surface area contributed by atoms with Gasteiger partial charge in [-0.05, 0) is 90.5 Å². The molecule has 150 valence electrons. The molecule has 2 aromatic carbocycles. The molecule has 0 atom stereocenters. The molecule has 4 rings (SSSR count). The quantitative estimate of drug-likeness (QED) is 0.643. The molecule has 0 saturated heterocycles. The molecule has 0 spiro atoms. The fraction of sp³-hybridized carbons (Fsp3) is 0.520. The van der Waals surface area contributed by atoms with Crippen molar-refractivity contribution in [3.05, 3.63) is 58.4 Å². The molecule has 28 heavy (non-hydrogen) atoms. The SMILES string of the molecule is Cc1cc(N2CCc3cc(F)ccc3C2)cc(C2CC2)c1NCCC(C)(C)C. The molecular weight excluding hydrogens is 347 g/mol. The number of halogens is 1. The second-order valence-electron chi connectivity index (χ2n) is 9.82. The molecule has 1 N–H and O–H groups in total. The first-order chi connectivity index (χ1) is 13.3. The Morgan fingerprint density at radius 2 is 1.89 bits per heavy atom. The van der Waals surface area contributed by atoms with Crippen LogP contribution in [0.4, 0.5) is 15.8 Å². The Bertz CT molecular complexity index is 862. The summed E-state index contributed by atoms with van der Waals surface area (Å²) in [6.07, 6.45) is 4.69. The summed E-state index contributed by atoms with van der Waals surface area (Å²) in [5.41, 5.74) is 8.28. The van der Waals surface area contributed by atoms with Crippen molar-refractivity contribution in [1.29, 1.82) is 0 Å². The van der Waals surface area contributed by atoms with E-state index < -0.39 is 0 Å². The van der Waals surface area contributed by atoms with Crippen LogP contribution >= 0.6 is 0 Å². The zero-order chi connectivity index (χ0) is 19.9. The fourth-order valence-electron chi connectivity index (χ4n) is 4.24. The molecule has 0 amide bonds. The van der Waals surface area contributed by atoms with Crippen molar-refractivity contribution in [2.75, 3.05) is 23.3 Å². The van der Waals surface area contributed by atoms with Crippen LogP contribution in [0.25, 0.3) is 0 Å². The first kappa shape index (κ1) is 19.3. The second kappa shape index (κ2) is 7.42. The van der Waals surface area contributed by atoms with E-state index in [-0.39, 0.29) is 5.82 Å². The van der Waals surface area contributed by atoms with Crippen LogP contribution in [-0.4, -0.2) is 13.1 Å². The Kier molecular flexibility index (Phi) is 5.11. The number of nitrogens with zero attached hydrogens (tertiary/aromatic N) is 1. The Balaban J connectivity index is 1.56. The molecule has 1 heterocycles. The molecule has 1 aliphatic carbocycles. The smallest absolute Gasteiger partial charge is 0.123 e. The molecule has 1 aliphatic heterocycles. The number of nitrogens with one attached hydrogen (secondary N) is 1. The average molecular weight is 381 g/mol. The summed E-state index contributed by atoms with van der Waals surface area (Å²) in [5, 5.41) is 3.75. The molecule has 1 saturated carbocycles. The number of hydrogen-bond donors (Lipinski definition) is 1. The maximum absolute atomic E-state index is 13.5. The maximum Gasteiger partial charge on any atom is 0.123 e. The van der Waals surface area contributed by atoms with Crippen LogP contribution < -0.4 is 10.2 Å². The van der Waals surface area contributed by atoms with Gasteiger partial charge in [-0.15, -0.1) is 0 Å². The molecule has 0 unspecified atom stereocenters. The first-order valence-corrected chi connectivity index (χ1v) is 10.7. The van der Waals surface area contributed by atoms with Gasteiger partial charge >= 0.3 is 0 Å². The standard InChI is InChI=1S/C25H33FN2/c1-17-13-22(28-12-9-19-14-21(26)8-7-20(19)16-28)15-23(18-5-6-18)24(17)27-11-10-25(2,3)4/h7-8,13-15,18,27H,5-6,9-12,16H2,1-4H3. The number of hydrogen-bond acceptors (Lipinski definition) is 2. The highest BCUT2D eigenvalue weighted by molar-refractivity contribution is 5.67. The average Bonchev–Trinajstić information content (AvgIpc) is 3.46. The topological polar surface area (TPSA) is 15.3 Å². The largest absolute Gasteiger partial charge is 0.385 e. The van der Waals surface area contributed by atoms with E-state index in [9.17, 15) is 4.39 Å². The summed E-state index contributed by atoms with van der Waals surface area (Å²) in [6.45, 7) is 12.0. The lowest BCUT2D eigenvalue weighted by Crippen LogP contribution is -2.30. The van der Waals surface area contributed by atoms with Crippen LogP contribution in [0.15, 0.2) is 30.3 Å². The molecule has 3 heteroatoms. The Labute approximate surface area is 169 Å². The number of anilines is 2. The van der Waals surface area contributed by atoms with Crippen molar-refractivity contribution in [2.45, 2.75) is 65.8 Å². The van der Waals surface area contributed by atoms with Crippen LogP contribution in [0.5, 0.6) is 0 Å². The van der Waals surface area contributed by atoms with Crippen LogP contribution in [0, 0.1) is 18.2 Å². The van der Waals surface area contributed by atoms with Gasteiger partial charge in [0.15, 0.2) is 0 Å². The van der Waals surface area contributed by atoms with Crippen molar-refractivity contribution in [1.82, 2.24) is 0 Å². The summed E-state index contributed by atoms with van der Waals surface area (Å²) in [4.78, 5) is 2.46. The van der Waals surface area contributed by atoms with E-state index in [1.807, 2.05) is 6.07 Å². The number of rotatable bonds is 5. The van der Waals surface area contributed by atoms with E-state index in [1.165, 1.54) is 40.9 Å². The third-order valence-corrected chi connectivity index (χ3v) is 6.09. The van der Waals surface area contributed by atoms with Gasteiger partial charge in [0.2, 0.25) is 0 Å². The monoisotopic (exact) mass is 380 g/mol. The predicted octanol–water partition coefficient (Wildman–Crippen LogP) is 6.42. The normalized spacial score (nSPS) is 16.8. The van der Waals surface area contributed by atoms with Crippen molar-refractivity contribution in [3.8, 4) is 0 Å². The van der Waals surface area contributed by atoms with E-state index in [2.05, 4.69) is 50.0 Å². The van der Waals surface area contributed by atoms with Gasteiger partial charge in [0.25, 0.3) is 0 Å². The number of benzene rings is 2. The van der Waals surface area contributed by atoms with E-state index in [0.717, 1.165) is 38.0 Å². The van der Waals surface area contributed by atoms with E-state index in [1.54, 1.807) is 12.1 Å². The predicted molar refractivity (Wildman–Crippen MR) is 117 cm³/mol. The van der Waals surface area contributed by atoms with Crippen LogP contribution in [0.3, 0.4) is 0 Å². The molecule has 2 aliphatic rings. The van der Waals surface area contributed by atoms with Crippen molar-refractivity contribution >= 4 is 11.4 Å². The third-order valence-electron chi connectivity index (χ3n) is 6.09. The van der Waals surface area contributed by atoms with Gasteiger partial charge in [-0.2, -0.15) is 0 Å². The molecule has 1 fully saturated rings. The van der Waals surface area contributed by atoms with Crippen LogP contribution in [0.1, 0.15) is 68.2 Å². The second-order valence-corrected chi connectivity index (χ2v) is 9.82. The molecule has 2 aromatic rings. The Morgan fingerprint density at radius 1 is 1.11 bits per heavy atom. The van der Waals surface area contributed by atoms with Crippen molar-refractivity contribution in [2.24, 2.45) is 5.41 Å². The maximum atomic E-state index is 13.5. The molecule has 0 radical (unpaired) electrons. The summed E-state index contributed by atoms with van der Waals surface area (Å²) in [5.74, 6) is 0.590. The van der Waals surface area contributed by atoms with E-state index in [0.29, 0.717) is 11.3 Å². The fourth-order valence-corrected chi connectivity index (χ4v) is 4.24. The van der Waals surface area contributed by atoms with Gasteiger partial charge in [0.05, 0.1) is 0 Å².